The lowest BCUT2D eigenvalue weighted by molar-refractivity contribution is -0.121. The first-order chi connectivity index (χ1) is 7.63. The quantitative estimate of drug-likeness (QED) is 0.791. The van der Waals surface area contributed by atoms with Gasteiger partial charge in [-0.05, 0) is 20.0 Å². The Balaban J connectivity index is 2.48. The van der Waals surface area contributed by atoms with E-state index in [1.165, 1.54) is 0 Å². The van der Waals surface area contributed by atoms with Crippen molar-refractivity contribution in [2.75, 3.05) is 20.1 Å². The molecule has 1 N–H and O–H groups in total. The third kappa shape index (κ3) is 4.16. The number of carbonyl (C=O) groups excluding carboxylic acids is 1. The van der Waals surface area contributed by atoms with E-state index in [-0.39, 0.29) is 5.91 Å². The zero-order valence-corrected chi connectivity index (χ0v) is 10.3. The monoisotopic (exact) mass is 241 g/mol. The average molecular weight is 242 g/mol. The number of nitrogens with one attached hydrogen (secondary N) is 1. The Kier molecular flexibility index (Phi) is 5.22. The fourth-order valence-electron chi connectivity index (χ4n) is 1.38. The highest BCUT2D eigenvalue weighted by Crippen LogP contribution is 2.12. The molecule has 1 rings (SSSR count). The molecule has 0 saturated heterocycles. The van der Waals surface area contributed by atoms with Gasteiger partial charge in [-0.25, -0.2) is 4.98 Å². The normalized spacial score (nSPS) is 10.5. The van der Waals surface area contributed by atoms with Crippen LogP contribution in [0.3, 0.4) is 0 Å². The zero-order valence-electron chi connectivity index (χ0n) is 9.53. The third-order valence-electron chi connectivity index (χ3n) is 2.06. The first kappa shape index (κ1) is 12.9. The molecule has 0 spiro atoms. The van der Waals surface area contributed by atoms with E-state index in [4.69, 9.17) is 11.6 Å². The molecule has 0 aromatic carbocycles. The Morgan fingerprint density at radius 2 is 2.38 bits per heavy atom. The largest absolute Gasteiger partial charge is 0.355 e. The number of hydrogen-bond acceptors (Lipinski definition) is 3. The summed E-state index contributed by atoms with van der Waals surface area (Å²) in [6.45, 7) is 3.53. The molecular weight excluding hydrogens is 226 g/mol. The highest BCUT2D eigenvalue weighted by molar-refractivity contribution is 6.30. The standard InChI is InChI=1S/C11H16ClN3O/c1-3-13-10(16)8-15(2)7-9-5-4-6-14-11(9)12/h4-6H,3,7-8H2,1-2H3,(H,13,16). The Hall–Kier alpha value is -1.13. The van der Waals surface area contributed by atoms with Crippen molar-refractivity contribution in [1.29, 1.82) is 0 Å². The first-order valence-electron chi connectivity index (χ1n) is 5.18. The van der Waals surface area contributed by atoms with Gasteiger partial charge < -0.3 is 5.32 Å². The lowest BCUT2D eigenvalue weighted by Gasteiger charge is -2.16. The number of amides is 1. The van der Waals surface area contributed by atoms with Gasteiger partial charge in [0.05, 0.1) is 6.54 Å². The van der Waals surface area contributed by atoms with Gasteiger partial charge in [0.25, 0.3) is 0 Å². The summed E-state index contributed by atoms with van der Waals surface area (Å²) in [5, 5.41) is 3.24. The van der Waals surface area contributed by atoms with Gasteiger partial charge in [-0.3, -0.25) is 9.69 Å². The predicted molar refractivity (Wildman–Crippen MR) is 64.3 cm³/mol. The van der Waals surface area contributed by atoms with Gasteiger partial charge in [0.2, 0.25) is 5.91 Å². The second kappa shape index (κ2) is 6.45. The summed E-state index contributed by atoms with van der Waals surface area (Å²) in [7, 11) is 1.87. The molecule has 1 aromatic heterocycles. The Bertz CT molecular complexity index is 357. The van der Waals surface area contributed by atoms with Crippen LogP contribution < -0.4 is 5.32 Å². The molecule has 4 nitrogen and oxygen atoms in total. The van der Waals surface area contributed by atoms with Crippen LogP contribution in [-0.4, -0.2) is 35.9 Å². The van der Waals surface area contributed by atoms with Crippen LogP contribution in [0.5, 0.6) is 0 Å². The van der Waals surface area contributed by atoms with E-state index < -0.39 is 0 Å². The molecule has 1 aromatic rings. The van der Waals surface area contributed by atoms with Crippen LogP contribution in [0.4, 0.5) is 0 Å². The minimum atomic E-state index is 0.0185. The maximum absolute atomic E-state index is 11.3. The number of carbonyl (C=O) groups is 1. The van der Waals surface area contributed by atoms with E-state index in [0.717, 1.165) is 5.56 Å². The summed E-state index contributed by atoms with van der Waals surface area (Å²) < 4.78 is 0. The fourth-order valence-corrected chi connectivity index (χ4v) is 1.56. The summed E-state index contributed by atoms with van der Waals surface area (Å²) in [4.78, 5) is 17.2. The van der Waals surface area contributed by atoms with E-state index in [1.54, 1.807) is 6.20 Å². The van der Waals surface area contributed by atoms with E-state index in [2.05, 4.69) is 10.3 Å². The van der Waals surface area contributed by atoms with Crippen LogP contribution in [0.25, 0.3) is 0 Å². The summed E-state index contributed by atoms with van der Waals surface area (Å²) in [5.74, 6) is 0.0185. The maximum atomic E-state index is 11.3. The molecule has 0 saturated carbocycles. The van der Waals surface area contributed by atoms with E-state index >= 15 is 0 Å². The highest BCUT2D eigenvalue weighted by atomic mass is 35.5. The molecule has 0 radical (unpaired) electrons. The number of rotatable bonds is 5. The van der Waals surface area contributed by atoms with Crippen molar-refractivity contribution >= 4 is 17.5 Å². The second-order valence-corrected chi connectivity index (χ2v) is 3.94. The number of likely N-dealkylation sites (N-methyl/N-ethyl adjacent to an activating group) is 2. The van der Waals surface area contributed by atoms with Crippen LogP contribution in [0.15, 0.2) is 18.3 Å². The smallest absolute Gasteiger partial charge is 0.234 e. The number of nitrogens with zero attached hydrogens (tertiary/aromatic N) is 2. The summed E-state index contributed by atoms with van der Waals surface area (Å²) in [6, 6.07) is 3.74. The van der Waals surface area contributed by atoms with Gasteiger partial charge >= 0.3 is 0 Å². The van der Waals surface area contributed by atoms with Crippen LogP contribution in [0.2, 0.25) is 5.15 Å². The number of aromatic nitrogens is 1. The topological polar surface area (TPSA) is 45.2 Å². The molecule has 0 aliphatic heterocycles. The van der Waals surface area contributed by atoms with E-state index in [0.29, 0.717) is 24.8 Å². The molecule has 16 heavy (non-hydrogen) atoms. The second-order valence-electron chi connectivity index (χ2n) is 3.58. The predicted octanol–water partition coefficient (Wildman–Crippen LogP) is 1.30. The summed E-state index contributed by atoms with van der Waals surface area (Å²) in [5.41, 5.74) is 0.927. The minimum absolute atomic E-state index is 0.0185. The lowest BCUT2D eigenvalue weighted by atomic mass is 10.2. The first-order valence-corrected chi connectivity index (χ1v) is 5.56. The molecule has 0 bridgehead atoms. The SMILES string of the molecule is CCNC(=O)CN(C)Cc1cccnc1Cl. The molecule has 0 unspecified atom stereocenters. The lowest BCUT2D eigenvalue weighted by Crippen LogP contribution is -2.34. The molecule has 0 aliphatic carbocycles. The summed E-state index contributed by atoms with van der Waals surface area (Å²) >= 11 is 5.93. The van der Waals surface area contributed by atoms with Crippen LogP contribution in [0.1, 0.15) is 12.5 Å². The zero-order chi connectivity index (χ0) is 12.0. The fraction of sp³-hybridized carbons (Fsp3) is 0.455. The van der Waals surface area contributed by atoms with Crippen molar-refractivity contribution in [1.82, 2.24) is 15.2 Å². The van der Waals surface area contributed by atoms with Gasteiger partial charge in [-0.15, -0.1) is 0 Å². The van der Waals surface area contributed by atoms with Crippen molar-refractivity contribution in [2.45, 2.75) is 13.5 Å². The van der Waals surface area contributed by atoms with E-state index in [9.17, 15) is 4.79 Å². The molecule has 5 heteroatoms. The molecular formula is C11H16ClN3O. The van der Waals surface area contributed by atoms with Gasteiger partial charge in [0.1, 0.15) is 5.15 Å². The summed E-state index contributed by atoms with van der Waals surface area (Å²) in [6.07, 6.45) is 1.65. The number of hydrogen-bond donors (Lipinski definition) is 1. The van der Waals surface area contributed by atoms with Crippen molar-refractivity contribution < 1.29 is 4.79 Å². The maximum Gasteiger partial charge on any atom is 0.234 e. The minimum Gasteiger partial charge on any atom is -0.355 e. The third-order valence-corrected chi connectivity index (χ3v) is 2.40. The molecule has 88 valence electrons. The van der Waals surface area contributed by atoms with Crippen molar-refractivity contribution in [3.8, 4) is 0 Å². The number of halogens is 1. The Labute approximate surface area is 101 Å². The van der Waals surface area contributed by atoms with Crippen LogP contribution >= 0.6 is 11.6 Å². The average Bonchev–Trinajstić information content (AvgIpc) is 2.21. The molecule has 1 amide bonds. The molecule has 1 heterocycles. The van der Waals surface area contributed by atoms with Gasteiger partial charge in [-0.1, -0.05) is 17.7 Å². The van der Waals surface area contributed by atoms with Crippen molar-refractivity contribution in [3.63, 3.8) is 0 Å². The van der Waals surface area contributed by atoms with Crippen LogP contribution in [-0.2, 0) is 11.3 Å². The highest BCUT2D eigenvalue weighted by Gasteiger charge is 2.08. The van der Waals surface area contributed by atoms with E-state index in [1.807, 2.05) is 31.0 Å². The van der Waals surface area contributed by atoms with Gasteiger partial charge in [0, 0.05) is 24.8 Å². The Morgan fingerprint density at radius 1 is 1.62 bits per heavy atom. The molecule has 0 aliphatic rings. The van der Waals surface area contributed by atoms with Crippen LogP contribution in [0, 0.1) is 0 Å². The molecule has 0 fully saturated rings. The van der Waals surface area contributed by atoms with Crippen molar-refractivity contribution in [2.24, 2.45) is 0 Å². The van der Waals surface area contributed by atoms with Gasteiger partial charge in [0.15, 0.2) is 0 Å². The Morgan fingerprint density at radius 3 is 3.00 bits per heavy atom. The van der Waals surface area contributed by atoms with Crippen molar-refractivity contribution in [3.05, 3.63) is 29.0 Å². The van der Waals surface area contributed by atoms with Gasteiger partial charge in [-0.2, -0.15) is 0 Å². The molecule has 0 atom stereocenters. The number of pyridine rings is 1.